The maximum atomic E-state index is 13.4. The van der Waals surface area contributed by atoms with E-state index in [2.05, 4.69) is 0 Å². The van der Waals surface area contributed by atoms with Crippen LogP contribution in [-0.2, 0) is 16.0 Å². The van der Waals surface area contributed by atoms with Crippen molar-refractivity contribution in [1.29, 1.82) is 0 Å². The van der Waals surface area contributed by atoms with E-state index in [-0.39, 0.29) is 13.2 Å². The molecular weight excluding hydrogens is 292 g/mol. The van der Waals surface area contributed by atoms with Crippen molar-refractivity contribution in [3.63, 3.8) is 0 Å². The first-order chi connectivity index (χ1) is 10.5. The van der Waals surface area contributed by atoms with Gasteiger partial charge in [-0.15, -0.1) is 0 Å². The van der Waals surface area contributed by atoms with Crippen LogP contribution in [0.2, 0.25) is 0 Å². The minimum atomic E-state index is -3.00. The summed E-state index contributed by atoms with van der Waals surface area (Å²) in [5, 5.41) is 0. The van der Waals surface area contributed by atoms with Gasteiger partial charge in [-0.05, 0) is 29.3 Å². The fourth-order valence-corrected chi connectivity index (χ4v) is 2.57. The number of fused-ring (bicyclic) bond motifs is 1. The molecule has 6 heteroatoms. The van der Waals surface area contributed by atoms with E-state index in [1.165, 1.54) is 6.08 Å². The molecule has 4 nitrogen and oxygen atoms in total. The van der Waals surface area contributed by atoms with Gasteiger partial charge in [0.25, 0.3) is 5.92 Å². The highest BCUT2D eigenvalue weighted by Gasteiger charge is 2.35. The molecule has 1 amide bonds. The highest BCUT2D eigenvalue weighted by atomic mass is 19.3. The van der Waals surface area contributed by atoms with E-state index in [0.717, 1.165) is 28.2 Å². The van der Waals surface area contributed by atoms with E-state index in [1.54, 1.807) is 6.08 Å². The van der Waals surface area contributed by atoms with Gasteiger partial charge < -0.3 is 14.4 Å². The van der Waals surface area contributed by atoms with Crippen molar-refractivity contribution in [2.24, 2.45) is 0 Å². The summed E-state index contributed by atoms with van der Waals surface area (Å²) in [6.07, 6.45) is 3.82. The SMILES string of the molecule is O=C(C=Cc1ccc2c(c1)CCO2)N1CCOCC(F)(F)C1. The van der Waals surface area contributed by atoms with Gasteiger partial charge in [-0.2, -0.15) is 0 Å². The van der Waals surface area contributed by atoms with Crippen LogP contribution in [0.5, 0.6) is 5.75 Å². The van der Waals surface area contributed by atoms with E-state index in [9.17, 15) is 13.6 Å². The summed E-state index contributed by atoms with van der Waals surface area (Å²) in [5.41, 5.74) is 1.96. The van der Waals surface area contributed by atoms with Crippen molar-refractivity contribution in [2.45, 2.75) is 12.3 Å². The molecule has 2 aliphatic rings. The molecule has 0 aromatic heterocycles. The molecule has 1 saturated heterocycles. The Morgan fingerprint density at radius 3 is 3.05 bits per heavy atom. The molecule has 2 heterocycles. The van der Waals surface area contributed by atoms with Crippen LogP contribution in [-0.4, -0.2) is 49.6 Å². The van der Waals surface area contributed by atoms with Crippen LogP contribution in [0, 0.1) is 0 Å². The van der Waals surface area contributed by atoms with Gasteiger partial charge in [0.05, 0.1) is 19.8 Å². The van der Waals surface area contributed by atoms with E-state index < -0.39 is 25.0 Å². The highest BCUT2D eigenvalue weighted by molar-refractivity contribution is 5.91. The van der Waals surface area contributed by atoms with Crippen LogP contribution in [0.15, 0.2) is 24.3 Å². The van der Waals surface area contributed by atoms with Gasteiger partial charge >= 0.3 is 0 Å². The summed E-state index contributed by atoms with van der Waals surface area (Å²) >= 11 is 0. The Morgan fingerprint density at radius 2 is 2.18 bits per heavy atom. The van der Waals surface area contributed by atoms with E-state index in [0.29, 0.717) is 6.61 Å². The number of amides is 1. The van der Waals surface area contributed by atoms with Crippen molar-refractivity contribution in [1.82, 2.24) is 4.90 Å². The predicted octanol–water partition coefficient (Wildman–Crippen LogP) is 2.13. The molecule has 0 unspecified atom stereocenters. The number of carbonyl (C=O) groups is 1. The molecule has 22 heavy (non-hydrogen) atoms. The zero-order valence-corrected chi connectivity index (χ0v) is 12.1. The molecule has 0 radical (unpaired) electrons. The number of halogens is 2. The second-order valence-corrected chi connectivity index (χ2v) is 5.47. The first kappa shape index (κ1) is 15.0. The average Bonchev–Trinajstić information content (AvgIpc) is 2.87. The van der Waals surface area contributed by atoms with Crippen LogP contribution < -0.4 is 4.74 Å². The lowest BCUT2D eigenvalue weighted by Gasteiger charge is -2.21. The smallest absolute Gasteiger partial charge is 0.288 e. The second kappa shape index (κ2) is 6.04. The fourth-order valence-electron chi connectivity index (χ4n) is 2.57. The third-order valence-corrected chi connectivity index (χ3v) is 3.68. The number of hydrogen-bond acceptors (Lipinski definition) is 3. The van der Waals surface area contributed by atoms with Crippen molar-refractivity contribution < 1.29 is 23.0 Å². The number of carbonyl (C=O) groups excluding carboxylic acids is 1. The molecule has 0 spiro atoms. The van der Waals surface area contributed by atoms with Gasteiger partial charge in [-0.1, -0.05) is 6.07 Å². The molecule has 0 saturated carbocycles. The number of nitrogens with zero attached hydrogens (tertiary/aromatic N) is 1. The van der Waals surface area contributed by atoms with Crippen molar-refractivity contribution in [3.8, 4) is 5.75 Å². The van der Waals surface area contributed by atoms with Crippen molar-refractivity contribution in [2.75, 3.05) is 32.9 Å². The third-order valence-electron chi connectivity index (χ3n) is 3.68. The predicted molar refractivity (Wildman–Crippen MR) is 77.0 cm³/mol. The van der Waals surface area contributed by atoms with Crippen LogP contribution in [0.3, 0.4) is 0 Å². The molecular formula is C16H17F2NO3. The van der Waals surface area contributed by atoms with Crippen LogP contribution >= 0.6 is 0 Å². The fraction of sp³-hybridized carbons (Fsp3) is 0.438. The molecule has 0 atom stereocenters. The summed E-state index contributed by atoms with van der Waals surface area (Å²) in [5.74, 6) is -2.56. The van der Waals surface area contributed by atoms with Gasteiger partial charge in [0.2, 0.25) is 5.91 Å². The number of hydrogen-bond donors (Lipinski definition) is 0. The molecule has 1 aromatic rings. The molecule has 0 bridgehead atoms. The molecule has 1 fully saturated rings. The Kier molecular flexibility index (Phi) is 4.11. The summed E-state index contributed by atoms with van der Waals surface area (Å²) in [4.78, 5) is 13.2. The average molecular weight is 309 g/mol. The first-order valence-corrected chi connectivity index (χ1v) is 7.22. The van der Waals surface area contributed by atoms with E-state index >= 15 is 0 Å². The highest BCUT2D eigenvalue weighted by Crippen LogP contribution is 2.26. The summed E-state index contributed by atoms with van der Waals surface area (Å²) in [7, 11) is 0. The van der Waals surface area contributed by atoms with E-state index in [1.807, 2.05) is 18.2 Å². The maximum absolute atomic E-state index is 13.4. The molecule has 0 N–H and O–H groups in total. The molecule has 118 valence electrons. The maximum Gasteiger partial charge on any atom is 0.288 e. The monoisotopic (exact) mass is 309 g/mol. The normalized spacial score (nSPS) is 20.5. The Hall–Kier alpha value is -1.95. The lowest BCUT2D eigenvalue weighted by Crippen LogP contribution is -2.40. The van der Waals surface area contributed by atoms with E-state index in [4.69, 9.17) is 9.47 Å². The molecule has 1 aromatic carbocycles. The Bertz CT molecular complexity index is 601. The van der Waals surface area contributed by atoms with Crippen LogP contribution in [0.4, 0.5) is 8.78 Å². The van der Waals surface area contributed by atoms with Gasteiger partial charge in [0, 0.05) is 19.0 Å². The number of alkyl halides is 2. The first-order valence-electron chi connectivity index (χ1n) is 7.22. The van der Waals surface area contributed by atoms with Crippen LogP contribution in [0.25, 0.3) is 6.08 Å². The van der Waals surface area contributed by atoms with Gasteiger partial charge in [-0.3, -0.25) is 4.79 Å². The Morgan fingerprint density at radius 1 is 1.32 bits per heavy atom. The summed E-state index contributed by atoms with van der Waals surface area (Å²) < 4.78 is 37.1. The van der Waals surface area contributed by atoms with Gasteiger partial charge in [0.1, 0.15) is 12.4 Å². The lowest BCUT2D eigenvalue weighted by molar-refractivity contribution is -0.130. The minimum absolute atomic E-state index is 0.130. The van der Waals surface area contributed by atoms with Gasteiger partial charge in [0.15, 0.2) is 0 Å². The van der Waals surface area contributed by atoms with Crippen molar-refractivity contribution >= 4 is 12.0 Å². The van der Waals surface area contributed by atoms with Crippen LogP contribution in [0.1, 0.15) is 11.1 Å². The number of rotatable bonds is 2. The number of ether oxygens (including phenoxy) is 2. The largest absolute Gasteiger partial charge is 0.493 e. The molecule has 3 rings (SSSR count). The lowest BCUT2D eigenvalue weighted by atomic mass is 10.1. The third kappa shape index (κ3) is 3.44. The molecule has 2 aliphatic heterocycles. The standard InChI is InChI=1S/C16H17F2NO3/c17-16(18)10-19(6-8-21-11-16)15(20)4-2-12-1-3-14-13(9-12)5-7-22-14/h1-4,9H,5-8,10-11H2. The Balaban J connectivity index is 1.68. The topological polar surface area (TPSA) is 38.8 Å². The molecule has 0 aliphatic carbocycles. The Labute approximate surface area is 127 Å². The summed E-state index contributed by atoms with van der Waals surface area (Å²) in [6, 6.07) is 5.65. The minimum Gasteiger partial charge on any atom is -0.493 e. The second-order valence-electron chi connectivity index (χ2n) is 5.47. The van der Waals surface area contributed by atoms with Crippen molar-refractivity contribution in [3.05, 3.63) is 35.4 Å². The van der Waals surface area contributed by atoms with Gasteiger partial charge in [-0.25, -0.2) is 8.78 Å². The summed E-state index contributed by atoms with van der Waals surface area (Å²) in [6.45, 7) is -0.258. The zero-order valence-electron chi connectivity index (χ0n) is 12.1. The number of benzene rings is 1. The zero-order chi connectivity index (χ0) is 15.6. The quantitative estimate of drug-likeness (QED) is 0.786.